The van der Waals surface area contributed by atoms with Crippen molar-refractivity contribution in [3.05, 3.63) is 83.0 Å². The standard InChI is InChI=1S/C24H28ClN3O3/c1-3-4-14-27(24(30)19-9-11-20(25)12-10-19)18-23(29)28(17-22-8-6-15-31-22)16-21-7-5-13-26(21)2/h5-13,15H,3-4,14,16-18H2,1-2H3. The quantitative estimate of drug-likeness (QED) is 0.456. The Hall–Kier alpha value is -2.99. The summed E-state index contributed by atoms with van der Waals surface area (Å²) < 4.78 is 7.45. The van der Waals surface area contributed by atoms with Crippen LogP contribution in [0.15, 0.2) is 65.4 Å². The highest BCUT2D eigenvalue weighted by molar-refractivity contribution is 6.30. The molecule has 6 nitrogen and oxygen atoms in total. The van der Waals surface area contributed by atoms with Crippen molar-refractivity contribution in [2.45, 2.75) is 32.9 Å². The fraction of sp³-hybridized carbons (Fsp3) is 0.333. The number of halogens is 1. The van der Waals surface area contributed by atoms with Crippen molar-refractivity contribution < 1.29 is 14.0 Å². The molecule has 3 rings (SSSR count). The summed E-state index contributed by atoms with van der Waals surface area (Å²) in [6.45, 7) is 3.36. The molecule has 7 heteroatoms. The van der Waals surface area contributed by atoms with Crippen molar-refractivity contribution in [1.82, 2.24) is 14.4 Å². The Morgan fingerprint density at radius 3 is 2.42 bits per heavy atom. The predicted molar refractivity (Wildman–Crippen MR) is 121 cm³/mol. The van der Waals surface area contributed by atoms with Gasteiger partial charge in [-0.05, 0) is 55.0 Å². The van der Waals surface area contributed by atoms with Gasteiger partial charge in [0.2, 0.25) is 5.91 Å². The number of carbonyl (C=O) groups is 2. The van der Waals surface area contributed by atoms with Crippen molar-refractivity contribution in [2.75, 3.05) is 13.1 Å². The number of unbranched alkanes of at least 4 members (excludes halogenated alkanes) is 1. The molecule has 0 radical (unpaired) electrons. The molecule has 0 bridgehead atoms. The largest absolute Gasteiger partial charge is 0.467 e. The van der Waals surface area contributed by atoms with Gasteiger partial charge in [0.05, 0.1) is 19.4 Å². The highest BCUT2D eigenvalue weighted by Crippen LogP contribution is 2.15. The van der Waals surface area contributed by atoms with E-state index < -0.39 is 0 Å². The minimum absolute atomic E-state index is 0.00654. The van der Waals surface area contributed by atoms with Crippen molar-refractivity contribution in [1.29, 1.82) is 0 Å². The Morgan fingerprint density at radius 2 is 1.81 bits per heavy atom. The number of benzene rings is 1. The van der Waals surface area contributed by atoms with E-state index in [1.54, 1.807) is 46.4 Å². The lowest BCUT2D eigenvalue weighted by Crippen LogP contribution is -2.43. The van der Waals surface area contributed by atoms with Crippen molar-refractivity contribution in [2.24, 2.45) is 7.05 Å². The maximum absolute atomic E-state index is 13.3. The minimum atomic E-state index is -0.171. The van der Waals surface area contributed by atoms with Gasteiger partial charge in [0.25, 0.3) is 5.91 Å². The molecule has 1 aromatic carbocycles. The Morgan fingerprint density at radius 1 is 1.03 bits per heavy atom. The summed E-state index contributed by atoms with van der Waals surface area (Å²) in [6, 6.07) is 14.3. The van der Waals surface area contributed by atoms with Crippen LogP contribution in [0.4, 0.5) is 0 Å². The number of hydrogen-bond donors (Lipinski definition) is 0. The van der Waals surface area contributed by atoms with E-state index in [9.17, 15) is 9.59 Å². The molecule has 0 saturated heterocycles. The lowest BCUT2D eigenvalue weighted by molar-refractivity contribution is -0.133. The summed E-state index contributed by atoms with van der Waals surface area (Å²) in [6.07, 6.45) is 5.29. The zero-order valence-corrected chi connectivity index (χ0v) is 18.7. The lowest BCUT2D eigenvalue weighted by atomic mass is 10.2. The number of aryl methyl sites for hydroxylation is 1. The molecule has 0 saturated carbocycles. The summed E-state index contributed by atoms with van der Waals surface area (Å²) >= 11 is 5.96. The normalized spacial score (nSPS) is 10.8. The molecule has 0 N–H and O–H groups in total. The van der Waals surface area contributed by atoms with Crippen LogP contribution in [0.3, 0.4) is 0 Å². The van der Waals surface area contributed by atoms with Gasteiger partial charge >= 0.3 is 0 Å². The minimum Gasteiger partial charge on any atom is -0.467 e. The van der Waals surface area contributed by atoms with Gasteiger partial charge in [-0.25, -0.2) is 0 Å². The summed E-state index contributed by atoms with van der Waals surface area (Å²) in [5.74, 6) is 0.401. The number of rotatable bonds is 10. The third-order valence-electron chi connectivity index (χ3n) is 5.17. The van der Waals surface area contributed by atoms with E-state index in [0.717, 1.165) is 18.5 Å². The predicted octanol–water partition coefficient (Wildman–Crippen LogP) is 4.74. The van der Waals surface area contributed by atoms with Crippen LogP contribution in [0.5, 0.6) is 0 Å². The highest BCUT2D eigenvalue weighted by atomic mass is 35.5. The van der Waals surface area contributed by atoms with Crippen molar-refractivity contribution in [3.63, 3.8) is 0 Å². The van der Waals surface area contributed by atoms with Crippen LogP contribution in [0.25, 0.3) is 0 Å². The molecule has 2 heterocycles. The lowest BCUT2D eigenvalue weighted by Gasteiger charge is -2.27. The molecular weight excluding hydrogens is 414 g/mol. The molecule has 0 atom stereocenters. The SMILES string of the molecule is CCCCN(CC(=O)N(Cc1ccco1)Cc1cccn1C)C(=O)c1ccc(Cl)cc1. The van der Waals surface area contributed by atoms with Crippen LogP contribution in [0.1, 0.15) is 41.6 Å². The zero-order valence-electron chi connectivity index (χ0n) is 18.0. The maximum atomic E-state index is 13.3. The number of carbonyl (C=O) groups excluding carboxylic acids is 2. The molecule has 0 fully saturated rings. The Balaban J connectivity index is 1.78. The van der Waals surface area contributed by atoms with Gasteiger partial charge in [0.1, 0.15) is 12.3 Å². The first-order chi connectivity index (χ1) is 15.0. The van der Waals surface area contributed by atoms with E-state index in [4.69, 9.17) is 16.0 Å². The molecule has 31 heavy (non-hydrogen) atoms. The molecule has 0 aliphatic rings. The topological polar surface area (TPSA) is 58.7 Å². The first kappa shape index (κ1) is 22.7. The van der Waals surface area contributed by atoms with E-state index in [0.29, 0.717) is 36.0 Å². The van der Waals surface area contributed by atoms with Gasteiger partial charge < -0.3 is 18.8 Å². The first-order valence-electron chi connectivity index (χ1n) is 10.4. The number of aromatic nitrogens is 1. The maximum Gasteiger partial charge on any atom is 0.254 e. The van der Waals surface area contributed by atoms with E-state index >= 15 is 0 Å². The fourth-order valence-corrected chi connectivity index (χ4v) is 3.44. The Bertz CT molecular complexity index is 980. The number of amides is 2. The second-order valence-corrected chi connectivity index (χ2v) is 7.96. The Labute approximate surface area is 188 Å². The molecule has 0 unspecified atom stereocenters. The van der Waals surface area contributed by atoms with Gasteiger partial charge in [-0.2, -0.15) is 0 Å². The fourth-order valence-electron chi connectivity index (χ4n) is 3.32. The molecule has 0 aliphatic heterocycles. The van der Waals surface area contributed by atoms with Gasteiger partial charge in [-0.1, -0.05) is 24.9 Å². The first-order valence-corrected chi connectivity index (χ1v) is 10.8. The van der Waals surface area contributed by atoms with Crippen molar-refractivity contribution in [3.8, 4) is 0 Å². The van der Waals surface area contributed by atoms with E-state index in [-0.39, 0.29) is 18.4 Å². The molecular formula is C24H28ClN3O3. The summed E-state index contributed by atoms with van der Waals surface area (Å²) in [7, 11) is 1.95. The van der Waals surface area contributed by atoms with Crippen LogP contribution in [0.2, 0.25) is 5.02 Å². The second-order valence-electron chi connectivity index (χ2n) is 7.53. The van der Waals surface area contributed by atoms with Crippen LogP contribution in [-0.2, 0) is 24.9 Å². The average molecular weight is 442 g/mol. The van der Waals surface area contributed by atoms with Gasteiger partial charge in [0, 0.05) is 36.1 Å². The van der Waals surface area contributed by atoms with Crippen LogP contribution in [-0.4, -0.2) is 39.3 Å². The average Bonchev–Trinajstić information content (AvgIpc) is 3.42. The highest BCUT2D eigenvalue weighted by Gasteiger charge is 2.23. The molecule has 2 aromatic heterocycles. The van der Waals surface area contributed by atoms with E-state index in [2.05, 4.69) is 6.92 Å². The second kappa shape index (κ2) is 10.9. The Kier molecular flexibility index (Phi) is 7.95. The van der Waals surface area contributed by atoms with Crippen LogP contribution < -0.4 is 0 Å². The smallest absolute Gasteiger partial charge is 0.254 e. The number of hydrogen-bond acceptors (Lipinski definition) is 3. The summed E-state index contributed by atoms with van der Waals surface area (Å²) in [5.41, 5.74) is 1.53. The van der Waals surface area contributed by atoms with Gasteiger partial charge in [0.15, 0.2) is 0 Å². The van der Waals surface area contributed by atoms with Gasteiger partial charge in [-0.3, -0.25) is 9.59 Å². The third kappa shape index (κ3) is 6.25. The molecule has 2 amide bonds. The summed E-state index contributed by atoms with van der Waals surface area (Å²) in [5, 5.41) is 0.569. The molecule has 3 aromatic rings. The molecule has 0 aliphatic carbocycles. The monoisotopic (exact) mass is 441 g/mol. The number of nitrogens with zero attached hydrogens (tertiary/aromatic N) is 3. The van der Waals surface area contributed by atoms with Crippen LogP contribution in [0, 0.1) is 0 Å². The third-order valence-corrected chi connectivity index (χ3v) is 5.42. The van der Waals surface area contributed by atoms with E-state index in [1.165, 1.54) is 0 Å². The summed E-state index contributed by atoms with van der Waals surface area (Å²) in [4.78, 5) is 29.8. The van der Waals surface area contributed by atoms with Crippen LogP contribution >= 0.6 is 11.6 Å². The van der Waals surface area contributed by atoms with E-state index in [1.807, 2.05) is 36.0 Å². The number of furan rings is 1. The molecule has 0 spiro atoms. The zero-order chi connectivity index (χ0) is 22.2. The van der Waals surface area contributed by atoms with Crippen molar-refractivity contribution >= 4 is 23.4 Å². The van der Waals surface area contributed by atoms with Gasteiger partial charge in [-0.15, -0.1) is 0 Å². The molecule has 164 valence electrons.